The lowest BCUT2D eigenvalue weighted by Gasteiger charge is -2.12. The van der Waals surface area contributed by atoms with E-state index in [9.17, 15) is 0 Å². The SMILES string of the molecule is c1ccc(-c2cccc(-c3nc(-c4cccc5ccccc45)nc(-c4cc5c6cccc(-c7ccccc7)c6oc5c5ccccc45)n3)c2)cc1. The molecular formula is C47H29N3O. The van der Waals surface area contributed by atoms with Crippen molar-refractivity contribution in [3.63, 3.8) is 0 Å². The second-order valence-electron chi connectivity index (χ2n) is 12.8. The van der Waals surface area contributed by atoms with Gasteiger partial charge >= 0.3 is 0 Å². The number of hydrogen-bond acceptors (Lipinski definition) is 4. The Balaban J connectivity index is 1.25. The average Bonchev–Trinajstić information content (AvgIpc) is 3.60. The van der Waals surface area contributed by atoms with Crippen LogP contribution in [0.4, 0.5) is 0 Å². The summed E-state index contributed by atoms with van der Waals surface area (Å²) in [5.74, 6) is 1.86. The van der Waals surface area contributed by atoms with Crippen molar-refractivity contribution in [2.24, 2.45) is 0 Å². The first-order valence-corrected chi connectivity index (χ1v) is 17.1. The number of fused-ring (bicyclic) bond motifs is 6. The highest BCUT2D eigenvalue weighted by atomic mass is 16.3. The van der Waals surface area contributed by atoms with Crippen LogP contribution in [0.25, 0.3) is 99.9 Å². The molecule has 51 heavy (non-hydrogen) atoms. The van der Waals surface area contributed by atoms with Crippen molar-refractivity contribution >= 4 is 43.5 Å². The summed E-state index contributed by atoms with van der Waals surface area (Å²) in [6, 6.07) is 60.9. The molecule has 0 N–H and O–H groups in total. The Labute approximate surface area is 294 Å². The molecule has 238 valence electrons. The monoisotopic (exact) mass is 651 g/mol. The highest BCUT2D eigenvalue weighted by Crippen LogP contribution is 2.42. The summed E-state index contributed by atoms with van der Waals surface area (Å²) >= 11 is 0. The number of rotatable bonds is 5. The van der Waals surface area contributed by atoms with Crippen LogP contribution in [-0.2, 0) is 0 Å². The molecule has 4 heteroatoms. The molecule has 10 rings (SSSR count). The van der Waals surface area contributed by atoms with Crippen molar-refractivity contribution in [2.75, 3.05) is 0 Å². The lowest BCUT2D eigenvalue weighted by molar-refractivity contribution is 0.674. The number of aromatic nitrogens is 3. The van der Waals surface area contributed by atoms with Crippen LogP contribution in [-0.4, -0.2) is 15.0 Å². The zero-order chi connectivity index (χ0) is 33.7. The van der Waals surface area contributed by atoms with Crippen LogP contribution in [0, 0.1) is 0 Å². The summed E-state index contributed by atoms with van der Waals surface area (Å²) in [5, 5.41) is 6.34. The Kier molecular flexibility index (Phi) is 6.78. The van der Waals surface area contributed by atoms with Crippen LogP contribution < -0.4 is 0 Å². The fourth-order valence-corrected chi connectivity index (χ4v) is 7.28. The van der Waals surface area contributed by atoms with E-state index in [4.69, 9.17) is 19.4 Å². The zero-order valence-corrected chi connectivity index (χ0v) is 27.5. The molecule has 0 aliphatic carbocycles. The van der Waals surface area contributed by atoms with Crippen molar-refractivity contribution in [3.05, 3.63) is 176 Å². The fourth-order valence-electron chi connectivity index (χ4n) is 7.28. The highest BCUT2D eigenvalue weighted by Gasteiger charge is 2.21. The topological polar surface area (TPSA) is 51.8 Å². The standard InChI is InChI=1S/C47H29N3O/c1-3-14-30(15-4-1)33-20-11-21-34(28-33)45-48-46(40-27-12-19-31-18-7-8-22-35(31)40)50-47(49-45)42-29-41-39-26-13-25-36(32-16-5-2-6-17-32)43(39)51-44(41)38-24-10-9-23-37(38)42/h1-29H. The number of benzene rings is 8. The minimum absolute atomic E-state index is 0.611. The maximum atomic E-state index is 6.78. The third-order valence-electron chi connectivity index (χ3n) is 9.72. The molecule has 0 bridgehead atoms. The molecule has 0 saturated heterocycles. The molecule has 0 unspecified atom stereocenters. The van der Waals surface area contributed by atoms with Gasteiger partial charge in [0, 0.05) is 38.4 Å². The van der Waals surface area contributed by atoms with Crippen molar-refractivity contribution in [3.8, 4) is 56.4 Å². The summed E-state index contributed by atoms with van der Waals surface area (Å²) in [4.78, 5) is 15.7. The first-order chi connectivity index (χ1) is 25.3. The van der Waals surface area contributed by atoms with Crippen molar-refractivity contribution < 1.29 is 4.42 Å². The third kappa shape index (κ3) is 4.96. The quantitative estimate of drug-likeness (QED) is 0.186. The zero-order valence-electron chi connectivity index (χ0n) is 27.5. The van der Waals surface area contributed by atoms with Gasteiger partial charge in [0.05, 0.1) is 0 Å². The third-order valence-corrected chi connectivity index (χ3v) is 9.72. The molecule has 2 aromatic heterocycles. The minimum Gasteiger partial charge on any atom is -0.455 e. The second-order valence-corrected chi connectivity index (χ2v) is 12.8. The Bertz CT molecular complexity index is 2910. The Morgan fingerprint density at radius 3 is 1.65 bits per heavy atom. The Morgan fingerprint density at radius 1 is 0.294 bits per heavy atom. The molecule has 0 spiro atoms. The molecule has 0 fully saturated rings. The molecule has 0 aliphatic rings. The van der Waals surface area contributed by atoms with Gasteiger partial charge in [-0.25, -0.2) is 15.0 Å². The van der Waals surface area contributed by atoms with Gasteiger partial charge in [-0.05, 0) is 45.0 Å². The minimum atomic E-state index is 0.611. The maximum Gasteiger partial charge on any atom is 0.164 e. The van der Waals surface area contributed by atoms with E-state index in [1.807, 2.05) is 12.1 Å². The van der Waals surface area contributed by atoms with Gasteiger partial charge in [-0.1, -0.05) is 164 Å². The number of furan rings is 1. The summed E-state index contributed by atoms with van der Waals surface area (Å²) < 4.78 is 6.78. The predicted octanol–water partition coefficient (Wildman–Crippen LogP) is 12.4. The molecule has 0 aliphatic heterocycles. The molecule has 0 atom stereocenters. The van der Waals surface area contributed by atoms with Gasteiger partial charge in [0.2, 0.25) is 0 Å². The molecule has 0 amide bonds. The summed E-state index contributed by atoms with van der Waals surface area (Å²) in [7, 11) is 0. The molecule has 8 aromatic carbocycles. The van der Waals surface area contributed by atoms with Crippen molar-refractivity contribution in [1.29, 1.82) is 0 Å². The van der Waals surface area contributed by atoms with E-state index in [2.05, 4.69) is 164 Å². The van der Waals surface area contributed by atoms with E-state index in [1.165, 1.54) is 0 Å². The van der Waals surface area contributed by atoms with Crippen molar-refractivity contribution in [2.45, 2.75) is 0 Å². The van der Waals surface area contributed by atoms with E-state index in [0.29, 0.717) is 17.5 Å². The molecule has 2 heterocycles. The van der Waals surface area contributed by atoms with Crippen LogP contribution in [0.1, 0.15) is 0 Å². The first-order valence-electron chi connectivity index (χ1n) is 17.1. The Hall–Kier alpha value is -6.91. The first kappa shape index (κ1) is 29.0. The average molecular weight is 652 g/mol. The van der Waals surface area contributed by atoms with Crippen LogP contribution in [0.15, 0.2) is 180 Å². The van der Waals surface area contributed by atoms with Gasteiger partial charge in [0.1, 0.15) is 11.2 Å². The number of nitrogens with zero attached hydrogens (tertiary/aromatic N) is 3. The molecule has 0 radical (unpaired) electrons. The predicted molar refractivity (Wildman–Crippen MR) is 209 cm³/mol. The van der Waals surface area contributed by atoms with Crippen LogP contribution >= 0.6 is 0 Å². The Morgan fingerprint density at radius 2 is 0.824 bits per heavy atom. The summed E-state index contributed by atoms with van der Waals surface area (Å²) in [6.45, 7) is 0. The van der Waals surface area contributed by atoms with Crippen LogP contribution in [0.5, 0.6) is 0 Å². The lowest BCUT2D eigenvalue weighted by atomic mass is 9.98. The molecule has 4 nitrogen and oxygen atoms in total. The molecule has 0 saturated carbocycles. The van der Waals surface area contributed by atoms with Crippen LogP contribution in [0.2, 0.25) is 0 Å². The summed E-state index contributed by atoms with van der Waals surface area (Å²) in [5.41, 5.74) is 8.96. The van der Waals surface area contributed by atoms with Gasteiger partial charge in [-0.15, -0.1) is 0 Å². The van der Waals surface area contributed by atoms with E-state index >= 15 is 0 Å². The molecule has 10 aromatic rings. The van der Waals surface area contributed by atoms with E-state index < -0.39 is 0 Å². The maximum absolute atomic E-state index is 6.78. The van der Waals surface area contributed by atoms with E-state index in [-0.39, 0.29) is 0 Å². The normalized spacial score (nSPS) is 11.5. The molecular weight excluding hydrogens is 623 g/mol. The van der Waals surface area contributed by atoms with E-state index in [0.717, 1.165) is 82.4 Å². The second kappa shape index (κ2) is 11.9. The number of para-hydroxylation sites is 1. The summed E-state index contributed by atoms with van der Waals surface area (Å²) in [6.07, 6.45) is 0. The fraction of sp³-hybridized carbons (Fsp3) is 0. The lowest BCUT2D eigenvalue weighted by Crippen LogP contribution is -2.01. The highest BCUT2D eigenvalue weighted by molar-refractivity contribution is 6.20. The largest absolute Gasteiger partial charge is 0.455 e. The van der Waals surface area contributed by atoms with Gasteiger partial charge in [0.25, 0.3) is 0 Å². The van der Waals surface area contributed by atoms with Gasteiger partial charge in [-0.2, -0.15) is 0 Å². The smallest absolute Gasteiger partial charge is 0.164 e. The van der Waals surface area contributed by atoms with Gasteiger partial charge < -0.3 is 4.42 Å². The van der Waals surface area contributed by atoms with E-state index in [1.54, 1.807) is 0 Å². The number of hydrogen-bond donors (Lipinski definition) is 0. The van der Waals surface area contributed by atoms with Gasteiger partial charge in [-0.3, -0.25) is 0 Å². The van der Waals surface area contributed by atoms with Crippen LogP contribution in [0.3, 0.4) is 0 Å². The van der Waals surface area contributed by atoms with Crippen molar-refractivity contribution in [1.82, 2.24) is 15.0 Å². The van der Waals surface area contributed by atoms with Gasteiger partial charge in [0.15, 0.2) is 17.5 Å².